The Morgan fingerprint density at radius 2 is 1.79 bits per heavy atom. The Bertz CT molecular complexity index is 597. The molecule has 0 bridgehead atoms. The van der Waals surface area contributed by atoms with Gasteiger partial charge in [0.1, 0.15) is 11.6 Å². The highest BCUT2D eigenvalue weighted by atomic mass is 32.2. The first-order valence-corrected chi connectivity index (χ1v) is 6.45. The van der Waals surface area contributed by atoms with E-state index in [0.717, 1.165) is 23.1 Å². The van der Waals surface area contributed by atoms with Crippen LogP contribution in [0, 0.1) is 11.6 Å². The van der Waals surface area contributed by atoms with Crippen LogP contribution in [0.2, 0.25) is 0 Å². The maximum atomic E-state index is 13.4. The minimum absolute atomic E-state index is 0.196. The lowest BCUT2D eigenvalue weighted by molar-refractivity contribution is 0.0697. The maximum absolute atomic E-state index is 13.4. The summed E-state index contributed by atoms with van der Waals surface area (Å²) in [6.45, 7) is 0. The molecule has 0 amide bonds. The molecule has 2 aromatic carbocycles. The molecule has 0 aliphatic rings. The Morgan fingerprint density at radius 1 is 1.11 bits per heavy atom. The molecule has 2 nitrogen and oxygen atoms in total. The third-order valence-corrected chi connectivity index (χ3v) is 3.56. The van der Waals surface area contributed by atoms with E-state index in [1.807, 2.05) is 0 Å². The first kappa shape index (κ1) is 13.5. The van der Waals surface area contributed by atoms with Gasteiger partial charge in [0.25, 0.3) is 0 Å². The average molecular weight is 280 g/mol. The van der Waals surface area contributed by atoms with Crippen molar-refractivity contribution in [3.05, 3.63) is 65.2 Å². The largest absolute Gasteiger partial charge is 0.478 e. The van der Waals surface area contributed by atoms with Crippen molar-refractivity contribution < 1.29 is 18.7 Å². The smallest absolute Gasteiger partial charge is 0.335 e. The lowest BCUT2D eigenvalue weighted by atomic mass is 10.2. The van der Waals surface area contributed by atoms with E-state index in [-0.39, 0.29) is 16.9 Å². The highest BCUT2D eigenvalue weighted by molar-refractivity contribution is 7.98. The van der Waals surface area contributed by atoms with Gasteiger partial charge in [-0.1, -0.05) is 0 Å². The number of hydrogen-bond acceptors (Lipinski definition) is 2. The zero-order chi connectivity index (χ0) is 13.8. The van der Waals surface area contributed by atoms with Gasteiger partial charge in [-0.25, -0.2) is 13.6 Å². The van der Waals surface area contributed by atoms with E-state index in [1.54, 1.807) is 12.1 Å². The summed E-state index contributed by atoms with van der Waals surface area (Å²) in [7, 11) is 0. The zero-order valence-corrected chi connectivity index (χ0v) is 10.6. The van der Waals surface area contributed by atoms with Crippen LogP contribution in [0.3, 0.4) is 0 Å². The fraction of sp³-hybridized carbons (Fsp3) is 0.0714. The Labute approximate surface area is 113 Å². The van der Waals surface area contributed by atoms with Crippen molar-refractivity contribution in [3.63, 3.8) is 0 Å². The first-order valence-electron chi connectivity index (χ1n) is 5.46. The minimum Gasteiger partial charge on any atom is -0.478 e. The van der Waals surface area contributed by atoms with Crippen molar-refractivity contribution in [2.45, 2.75) is 10.6 Å². The molecule has 0 aliphatic carbocycles. The summed E-state index contributed by atoms with van der Waals surface area (Å²) in [5.74, 6) is -1.63. The number of thioether (sulfide) groups is 1. The number of aromatic carboxylic acids is 1. The molecule has 19 heavy (non-hydrogen) atoms. The molecule has 0 radical (unpaired) electrons. The van der Waals surface area contributed by atoms with Gasteiger partial charge in [0.15, 0.2) is 0 Å². The fourth-order valence-corrected chi connectivity index (χ4v) is 2.38. The van der Waals surface area contributed by atoms with E-state index in [1.165, 1.54) is 23.9 Å². The number of rotatable bonds is 4. The predicted molar refractivity (Wildman–Crippen MR) is 69.3 cm³/mol. The molecule has 0 saturated heterocycles. The van der Waals surface area contributed by atoms with Crippen LogP contribution in [0.4, 0.5) is 8.78 Å². The third kappa shape index (κ3) is 3.54. The lowest BCUT2D eigenvalue weighted by Gasteiger charge is -2.04. The van der Waals surface area contributed by atoms with Gasteiger partial charge in [-0.3, -0.25) is 0 Å². The minimum atomic E-state index is -0.993. The normalized spacial score (nSPS) is 10.4. The van der Waals surface area contributed by atoms with Crippen LogP contribution in [0.5, 0.6) is 0 Å². The van der Waals surface area contributed by atoms with E-state index in [4.69, 9.17) is 5.11 Å². The number of carboxylic acid groups (broad SMARTS) is 1. The summed E-state index contributed by atoms with van der Waals surface area (Å²) >= 11 is 1.32. The van der Waals surface area contributed by atoms with Crippen LogP contribution in [0.1, 0.15) is 15.9 Å². The van der Waals surface area contributed by atoms with Gasteiger partial charge in [-0.05, 0) is 42.5 Å². The van der Waals surface area contributed by atoms with Crippen molar-refractivity contribution in [2.24, 2.45) is 0 Å². The van der Waals surface area contributed by atoms with Crippen molar-refractivity contribution in [2.75, 3.05) is 0 Å². The number of hydrogen-bond donors (Lipinski definition) is 1. The molecule has 1 N–H and O–H groups in total. The fourth-order valence-electron chi connectivity index (χ4n) is 1.51. The maximum Gasteiger partial charge on any atom is 0.335 e. The molecule has 2 aromatic rings. The van der Waals surface area contributed by atoms with Gasteiger partial charge in [0.2, 0.25) is 0 Å². The van der Waals surface area contributed by atoms with Crippen molar-refractivity contribution in [1.29, 1.82) is 0 Å². The zero-order valence-electron chi connectivity index (χ0n) is 9.77. The highest BCUT2D eigenvalue weighted by Gasteiger charge is 2.06. The van der Waals surface area contributed by atoms with E-state index < -0.39 is 17.6 Å². The number of carboxylic acids is 1. The van der Waals surface area contributed by atoms with Gasteiger partial charge in [-0.15, -0.1) is 11.8 Å². The summed E-state index contributed by atoms with van der Waals surface area (Å²) in [5.41, 5.74) is 0.480. The third-order valence-electron chi connectivity index (χ3n) is 2.50. The predicted octanol–water partition coefficient (Wildman–Crippen LogP) is 3.96. The van der Waals surface area contributed by atoms with E-state index in [2.05, 4.69) is 0 Å². The average Bonchev–Trinajstić information content (AvgIpc) is 2.40. The molecule has 0 heterocycles. The Morgan fingerprint density at radius 3 is 2.42 bits per heavy atom. The van der Waals surface area contributed by atoms with Crippen LogP contribution < -0.4 is 0 Å². The molecule has 0 aliphatic heterocycles. The second-order valence-electron chi connectivity index (χ2n) is 3.85. The van der Waals surface area contributed by atoms with Gasteiger partial charge < -0.3 is 5.11 Å². The standard InChI is InChI=1S/C14H10F2O2S/c15-11-3-6-13(16)10(7-11)8-19-12-4-1-9(2-5-12)14(17)18/h1-7H,8H2,(H,17,18). The van der Waals surface area contributed by atoms with Gasteiger partial charge in [0.05, 0.1) is 5.56 Å². The molecular weight excluding hydrogens is 270 g/mol. The summed E-state index contributed by atoms with van der Waals surface area (Å²) in [6, 6.07) is 9.58. The molecule has 0 spiro atoms. The molecule has 0 aromatic heterocycles. The van der Waals surface area contributed by atoms with E-state index in [0.29, 0.717) is 0 Å². The first-order chi connectivity index (χ1) is 9.06. The van der Waals surface area contributed by atoms with Gasteiger partial charge >= 0.3 is 5.97 Å². The molecular formula is C14H10F2O2S. The molecule has 98 valence electrons. The summed E-state index contributed by atoms with van der Waals surface area (Å²) in [4.78, 5) is 11.5. The Kier molecular flexibility index (Phi) is 4.16. The van der Waals surface area contributed by atoms with Crippen molar-refractivity contribution >= 4 is 17.7 Å². The number of halogens is 2. The molecule has 5 heteroatoms. The van der Waals surface area contributed by atoms with Crippen molar-refractivity contribution in [1.82, 2.24) is 0 Å². The summed E-state index contributed by atoms with van der Waals surface area (Å²) in [6.07, 6.45) is 0. The molecule has 0 fully saturated rings. The molecule has 0 atom stereocenters. The Hall–Kier alpha value is -1.88. The van der Waals surface area contributed by atoms with Gasteiger partial charge in [0, 0.05) is 16.2 Å². The van der Waals surface area contributed by atoms with Crippen molar-refractivity contribution in [3.8, 4) is 0 Å². The van der Waals surface area contributed by atoms with Crippen LogP contribution in [0.15, 0.2) is 47.4 Å². The second-order valence-corrected chi connectivity index (χ2v) is 4.90. The van der Waals surface area contributed by atoms with Crippen LogP contribution in [0.25, 0.3) is 0 Å². The topological polar surface area (TPSA) is 37.3 Å². The van der Waals surface area contributed by atoms with Crippen LogP contribution in [-0.4, -0.2) is 11.1 Å². The Balaban J connectivity index is 2.06. The van der Waals surface area contributed by atoms with Crippen LogP contribution in [-0.2, 0) is 5.75 Å². The quantitative estimate of drug-likeness (QED) is 0.861. The van der Waals surface area contributed by atoms with Gasteiger partial charge in [-0.2, -0.15) is 0 Å². The molecule has 0 saturated carbocycles. The molecule has 2 rings (SSSR count). The number of carbonyl (C=O) groups is 1. The summed E-state index contributed by atoms with van der Waals surface area (Å²) < 4.78 is 26.4. The second kappa shape index (κ2) is 5.84. The monoisotopic (exact) mass is 280 g/mol. The highest BCUT2D eigenvalue weighted by Crippen LogP contribution is 2.24. The number of benzene rings is 2. The SMILES string of the molecule is O=C(O)c1ccc(SCc2cc(F)ccc2F)cc1. The molecule has 0 unspecified atom stereocenters. The van der Waals surface area contributed by atoms with Crippen LogP contribution >= 0.6 is 11.8 Å². The lowest BCUT2D eigenvalue weighted by Crippen LogP contribution is -1.95. The summed E-state index contributed by atoms with van der Waals surface area (Å²) in [5, 5.41) is 8.75. The van der Waals surface area contributed by atoms with E-state index >= 15 is 0 Å². The van der Waals surface area contributed by atoms with E-state index in [9.17, 15) is 13.6 Å².